The third-order valence-corrected chi connectivity index (χ3v) is 3.30. The number of alkyl halides is 1. The quantitative estimate of drug-likeness (QED) is 0.855. The first kappa shape index (κ1) is 11.7. The third-order valence-electron chi connectivity index (χ3n) is 3.04. The standard InChI is InChI=1S/C12H16ClFN2/c13-9-1-3-11(4-2-9)16-8-12(14)6-5-10(15)7-12/h1-4,10,16H,5-8,15H2. The van der Waals surface area contributed by atoms with E-state index in [1.807, 2.05) is 12.1 Å². The molecule has 88 valence electrons. The normalized spacial score (nSPS) is 29.3. The molecule has 16 heavy (non-hydrogen) atoms. The summed E-state index contributed by atoms with van der Waals surface area (Å²) in [6, 6.07) is 7.28. The Morgan fingerprint density at radius 3 is 2.69 bits per heavy atom. The van der Waals surface area contributed by atoms with E-state index in [2.05, 4.69) is 5.32 Å². The highest BCUT2D eigenvalue weighted by Gasteiger charge is 2.37. The van der Waals surface area contributed by atoms with Gasteiger partial charge in [-0.3, -0.25) is 0 Å². The number of halogens is 2. The number of anilines is 1. The van der Waals surface area contributed by atoms with Crippen LogP contribution < -0.4 is 11.1 Å². The van der Waals surface area contributed by atoms with Crippen molar-refractivity contribution in [1.29, 1.82) is 0 Å². The molecule has 0 amide bonds. The molecule has 0 aliphatic heterocycles. The minimum atomic E-state index is -1.15. The summed E-state index contributed by atoms with van der Waals surface area (Å²) in [7, 11) is 0. The van der Waals surface area contributed by atoms with E-state index in [9.17, 15) is 4.39 Å². The Kier molecular flexibility index (Phi) is 3.36. The SMILES string of the molecule is NC1CCC(F)(CNc2ccc(Cl)cc2)C1. The van der Waals surface area contributed by atoms with E-state index in [0.29, 0.717) is 24.4 Å². The molecule has 2 atom stereocenters. The molecule has 4 heteroatoms. The molecule has 0 bridgehead atoms. The molecule has 1 aromatic rings. The Morgan fingerprint density at radius 2 is 2.12 bits per heavy atom. The first-order valence-electron chi connectivity index (χ1n) is 5.51. The maximum absolute atomic E-state index is 14.2. The molecule has 1 aliphatic carbocycles. The highest BCUT2D eigenvalue weighted by molar-refractivity contribution is 6.30. The van der Waals surface area contributed by atoms with Crippen molar-refractivity contribution in [1.82, 2.24) is 0 Å². The summed E-state index contributed by atoms with van der Waals surface area (Å²) in [6.07, 6.45) is 1.78. The number of rotatable bonds is 3. The van der Waals surface area contributed by atoms with Crippen LogP contribution in [0.2, 0.25) is 5.02 Å². The fourth-order valence-corrected chi connectivity index (χ4v) is 2.23. The van der Waals surface area contributed by atoms with Crippen LogP contribution in [0.4, 0.5) is 10.1 Å². The smallest absolute Gasteiger partial charge is 0.129 e. The average molecular weight is 243 g/mol. The summed E-state index contributed by atoms with van der Waals surface area (Å²) in [5.41, 5.74) is 5.45. The van der Waals surface area contributed by atoms with E-state index in [0.717, 1.165) is 12.1 Å². The zero-order valence-electron chi connectivity index (χ0n) is 9.05. The van der Waals surface area contributed by atoms with Crippen molar-refractivity contribution in [2.45, 2.75) is 31.0 Å². The van der Waals surface area contributed by atoms with E-state index in [1.54, 1.807) is 12.1 Å². The first-order valence-corrected chi connectivity index (χ1v) is 5.89. The van der Waals surface area contributed by atoms with E-state index >= 15 is 0 Å². The number of benzene rings is 1. The second-order valence-electron chi connectivity index (χ2n) is 4.51. The molecule has 2 nitrogen and oxygen atoms in total. The van der Waals surface area contributed by atoms with Crippen LogP contribution in [-0.4, -0.2) is 18.3 Å². The Bertz CT molecular complexity index is 355. The van der Waals surface area contributed by atoms with Crippen molar-refractivity contribution in [3.63, 3.8) is 0 Å². The molecule has 3 N–H and O–H groups in total. The van der Waals surface area contributed by atoms with Gasteiger partial charge < -0.3 is 11.1 Å². The fourth-order valence-electron chi connectivity index (χ4n) is 2.11. The van der Waals surface area contributed by atoms with Gasteiger partial charge >= 0.3 is 0 Å². The van der Waals surface area contributed by atoms with E-state index in [4.69, 9.17) is 17.3 Å². The lowest BCUT2D eigenvalue weighted by Gasteiger charge is -2.20. The van der Waals surface area contributed by atoms with Crippen LogP contribution in [0.15, 0.2) is 24.3 Å². The molecule has 2 unspecified atom stereocenters. The largest absolute Gasteiger partial charge is 0.382 e. The molecule has 0 saturated heterocycles. The lowest BCUT2D eigenvalue weighted by atomic mass is 10.0. The van der Waals surface area contributed by atoms with Crippen LogP contribution in [0, 0.1) is 0 Å². The van der Waals surface area contributed by atoms with Crippen LogP contribution in [0.25, 0.3) is 0 Å². The predicted molar refractivity (Wildman–Crippen MR) is 65.6 cm³/mol. The van der Waals surface area contributed by atoms with Gasteiger partial charge in [-0.25, -0.2) is 4.39 Å². The van der Waals surface area contributed by atoms with Crippen LogP contribution in [0.5, 0.6) is 0 Å². The summed E-state index contributed by atoms with van der Waals surface area (Å²) in [5.74, 6) is 0. The Morgan fingerprint density at radius 1 is 1.44 bits per heavy atom. The monoisotopic (exact) mass is 242 g/mol. The maximum atomic E-state index is 14.2. The Hall–Kier alpha value is -0.800. The Balaban J connectivity index is 1.90. The molecular weight excluding hydrogens is 227 g/mol. The third kappa shape index (κ3) is 2.86. The highest BCUT2D eigenvalue weighted by Crippen LogP contribution is 2.33. The van der Waals surface area contributed by atoms with Gasteiger partial charge in [0.2, 0.25) is 0 Å². The number of hydrogen-bond acceptors (Lipinski definition) is 2. The minimum absolute atomic E-state index is 0.0111. The van der Waals surface area contributed by atoms with Gasteiger partial charge in [0.1, 0.15) is 5.67 Å². The second kappa shape index (κ2) is 4.60. The summed E-state index contributed by atoms with van der Waals surface area (Å²) in [6.45, 7) is 0.322. The fraction of sp³-hybridized carbons (Fsp3) is 0.500. The minimum Gasteiger partial charge on any atom is -0.382 e. The summed E-state index contributed by atoms with van der Waals surface area (Å²) < 4.78 is 14.2. The lowest BCUT2D eigenvalue weighted by molar-refractivity contribution is 0.187. The number of hydrogen-bond donors (Lipinski definition) is 2. The van der Waals surface area contributed by atoms with Gasteiger partial charge in [-0.05, 0) is 43.5 Å². The van der Waals surface area contributed by atoms with E-state index in [-0.39, 0.29) is 6.04 Å². The topological polar surface area (TPSA) is 38.0 Å². The van der Waals surface area contributed by atoms with Crippen LogP contribution >= 0.6 is 11.6 Å². The van der Waals surface area contributed by atoms with Gasteiger partial charge in [0, 0.05) is 23.3 Å². The highest BCUT2D eigenvalue weighted by atomic mass is 35.5. The zero-order valence-corrected chi connectivity index (χ0v) is 9.80. The van der Waals surface area contributed by atoms with Crippen molar-refractivity contribution in [3.8, 4) is 0 Å². The number of nitrogens with one attached hydrogen (secondary N) is 1. The van der Waals surface area contributed by atoms with Gasteiger partial charge in [-0.2, -0.15) is 0 Å². The van der Waals surface area contributed by atoms with Crippen LogP contribution in [0.3, 0.4) is 0 Å². The number of nitrogens with two attached hydrogens (primary N) is 1. The molecule has 0 aromatic heterocycles. The molecule has 0 radical (unpaired) electrons. The van der Waals surface area contributed by atoms with Gasteiger partial charge in [-0.15, -0.1) is 0 Å². The van der Waals surface area contributed by atoms with Crippen molar-refractivity contribution < 1.29 is 4.39 Å². The maximum Gasteiger partial charge on any atom is 0.129 e. The van der Waals surface area contributed by atoms with Gasteiger partial charge in [0.25, 0.3) is 0 Å². The average Bonchev–Trinajstić information content (AvgIpc) is 2.59. The van der Waals surface area contributed by atoms with Crippen LogP contribution in [0.1, 0.15) is 19.3 Å². The zero-order chi connectivity index (χ0) is 11.6. The Labute approximate surface area is 100.0 Å². The molecule has 1 saturated carbocycles. The molecule has 2 rings (SSSR count). The van der Waals surface area contributed by atoms with Crippen molar-refractivity contribution >= 4 is 17.3 Å². The molecule has 1 aromatic carbocycles. The predicted octanol–water partition coefficient (Wildman–Crippen LogP) is 2.97. The molecule has 0 heterocycles. The van der Waals surface area contributed by atoms with Gasteiger partial charge in [0.05, 0.1) is 0 Å². The van der Waals surface area contributed by atoms with Crippen LogP contribution in [-0.2, 0) is 0 Å². The van der Waals surface area contributed by atoms with Crippen molar-refractivity contribution in [3.05, 3.63) is 29.3 Å². The summed E-state index contributed by atoms with van der Waals surface area (Å²) in [4.78, 5) is 0. The molecule has 1 fully saturated rings. The molecule has 0 spiro atoms. The van der Waals surface area contributed by atoms with Crippen molar-refractivity contribution in [2.24, 2.45) is 5.73 Å². The molecular formula is C12H16ClFN2. The van der Waals surface area contributed by atoms with Gasteiger partial charge in [0.15, 0.2) is 0 Å². The second-order valence-corrected chi connectivity index (χ2v) is 4.95. The van der Waals surface area contributed by atoms with E-state index < -0.39 is 5.67 Å². The van der Waals surface area contributed by atoms with Crippen molar-refractivity contribution in [2.75, 3.05) is 11.9 Å². The van der Waals surface area contributed by atoms with E-state index in [1.165, 1.54) is 0 Å². The first-order chi connectivity index (χ1) is 7.57. The summed E-state index contributed by atoms with van der Waals surface area (Å²) >= 11 is 5.77. The van der Waals surface area contributed by atoms with Gasteiger partial charge in [-0.1, -0.05) is 11.6 Å². The summed E-state index contributed by atoms with van der Waals surface area (Å²) in [5, 5.41) is 3.77. The molecule has 1 aliphatic rings. The lowest BCUT2D eigenvalue weighted by Crippen LogP contribution is -2.31.